The first-order valence-corrected chi connectivity index (χ1v) is 16.0. The van der Waals surface area contributed by atoms with Crippen molar-refractivity contribution in [3.05, 3.63) is 118 Å². The third-order valence-electron chi connectivity index (χ3n) is 6.36. The van der Waals surface area contributed by atoms with Crippen LogP contribution in [0, 0.1) is 0 Å². The van der Waals surface area contributed by atoms with Crippen molar-refractivity contribution in [3.8, 4) is 17.2 Å². The van der Waals surface area contributed by atoms with Gasteiger partial charge in [-0.25, -0.2) is 0 Å². The molecule has 0 saturated heterocycles. The molecule has 0 bridgehead atoms. The van der Waals surface area contributed by atoms with E-state index >= 15 is 0 Å². The molecule has 12 nitrogen and oxygen atoms in total. The van der Waals surface area contributed by atoms with Crippen molar-refractivity contribution < 1.29 is 42.8 Å². The van der Waals surface area contributed by atoms with Gasteiger partial charge in [-0.2, -0.15) is 0 Å². The summed E-state index contributed by atoms with van der Waals surface area (Å²) in [5.74, 6) is 0.142. The zero-order valence-corrected chi connectivity index (χ0v) is 29.1. The van der Waals surface area contributed by atoms with Crippen LogP contribution in [0.1, 0.15) is 70.0 Å². The van der Waals surface area contributed by atoms with Gasteiger partial charge in [0.25, 0.3) is 0 Å². The number of aromatic amines is 1. The maximum atomic E-state index is 11.8. The van der Waals surface area contributed by atoms with Gasteiger partial charge in [-0.3, -0.25) is 24.2 Å². The Morgan fingerprint density at radius 3 is 1.86 bits per heavy atom. The van der Waals surface area contributed by atoms with Crippen LogP contribution in [0.4, 0.5) is 0 Å². The lowest BCUT2D eigenvalue weighted by Gasteiger charge is -2.19. The highest BCUT2D eigenvalue weighted by molar-refractivity contribution is 5.69. The number of aromatic nitrogens is 2. The van der Waals surface area contributed by atoms with Gasteiger partial charge in [0, 0.05) is 38.6 Å². The van der Waals surface area contributed by atoms with E-state index in [-0.39, 0.29) is 42.8 Å². The largest absolute Gasteiger partial charge is 0.490 e. The molecule has 2 aromatic carbocycles. The number of pyridine rings is 2. The Labute approximate surface area is 291 Å². The van der Waals surface area contributed by atoms with Crippen molar-refractivity contribution in [2.45, 2.75) is 79.5 Å². The summed E-state index contributed by atoms with van der Waals surface area (Å²) in [6.45, 7) is 9.23. The second kappa shape index (κ2) is 20.0. The van der Waals surface area contributed by atoms with Gasteiger partial charge in [0.15, 0.2) is 17.2 Å². The molecule has 4 rings (SSSR count). The molecule has 0 unspecified atom stereocenters. The Balaban J connectivity index is 0.000000292. The highest BCUT2D eigenvalue weighted by Crippen LogP contribution is 2.28. The smallest absolute Gasteiger partial charge is 0.306 e. The van der Waals surface area contributed by atoms with E-state index < -0.39 is 11.6 Å². The van der Waals surface area contributed by atoms with Crippen molar-refractivity contribution in [1.82, 2.24) is 9.97 Å². The molecule has 2 aromatic heterocycles. The lowest BCUT2D eigenvalue weighted by molar-refractivity contribution is -0.155. The van der Waals surface area contributed by atoms with Gasteiger partial charge >= 0.3 is 17.9 Å². The normalized spacial score (nSPS) is 10.6. The third kappa shape index (κ3) is 15.5. The van der Waals surface area contributed by atoms with Crippen LogP contribution in [-0.2, 0) is 55.0 Å². The van der Waals surface area contributed by atoms with Crippen LogP contribution in [0.15, 0.2) is 90.0 Å². The molecule has 1 N–H and O–H groups in total. The minimum absolute atomic E-state index is 0.0442. The van der Waals surface area contributed by atoms with Crippen molar-refractivity contribution in [2.24, 2.45) is 0 Å². The number of carbonyl (C=O) groups excluding carboxylic acids is 3. The van der Waals surface area contributed by atoms with Crippen LogP contribution in [0.5, 0.6) is 17.2 Å². The summed E-state index contributed by atoms with van der Waals surface area (Å²) in [6, 6.07) is 22.4. The Morgan fingerprint density at radius 2 is 1.30 bits per heavy atom. The van der Waals surface area contributed by atoms with Gasteiger partial charge in [0.05, 0.1) is 24.2 Å². The SMILES string of the molecule is CC(=O)OCc1cc(=O)c(OCc2ccccc2)c[nH]1.CC(=O)OCc1cc(OCCCC(=O)OC(C)(C)C)c(OCc2ccccc2)cn1. The molecule has 50 heavy (non-hydrogen) atoms. The van der Waals surface area contributed by atoms with E-state index in [1.165, 1.54) is 26.1 Å². The standard InChI is InChI=1S/C23H29NO6.C15H15NO4/c1-17(25)28-16-19-13-20(27-12-8-11-22(26)30-23(2,3)4)21(14-24-19)29-15-18-9-6-5-7-10-18;1-11(17)19-10-13-7-14(18)15(8-16-13)20-9-12-5-3-2-4-6-12/h5-7,9-10,13-14H,8,11-12,15-16H2,1-4H3;2-8H,9-10H2,1H3,(H,16,18). The molecule has 0 atom stereocenters. The second-order valence-corrected chi connectivity index (χ2v) is 12.0. The minimum Gasteiger partial charge on any atom is -0.490 e. The number of hydrogen-bond donors (Lipinski definition) is 1. The molecule has 0 radical (unpaired) electrons. The van der Waals surface area contributed by atoms with E-state index in [0.717, 1.165) is 11.1 Å². The second-order valence-electron chi connectivity index (χ2n) is 12.0. The van der Waals surface area contributed by atoms with Gasteiger partial charge in [0.1, 0.15) is 32.0 Å². The molecule has 0 spiro atoms. The summed E-state index contributed by atoms with van der Waals surface area (Å²) in [6.07, 6.45) is 3.77. The highest BCUT2D eigenvalue weighted by atomic mass is 16.6. The van der Waals surface area contributed by atoms with Gasteiger partial charge in [0.2, 0.25) is 5.43 Å². The van der Waals surface area contributed by atoms with Crippen molar-refractivity contribution in [1.29, 1.82) is 0 Å². The number of carbonyl (C=O) groups is 3. The molecule has 12 heteroatoms. The molecule has 266 valence electrons. The highest BCUT2D eigenvalue weighted by Gasteiger charge is 2.16. The Kier molecular flexibility index (Phi) is 15.5. The average Bonchev–Trinajstić information content (AvgIpc) is 3.08. The molecule has 0 aliphatic heterocycles. The lowest BCUT2D eigenvalue weighted by Crippen LogP contribution is -2.24. The van der Waals surface area contributed by atoms with E-state index in [2.05, 4.69) is 9.97 Å². The van der Waals surface area contributed by atoms with Crippen LogP contribution < -0.4 is 19.6 Å². The number of ether oxygens (including phenoxy) is 6. The van der Waals surface area contributed by atoms with Crippen LogP contribution >= 0.6 is 0 Å². The summed E-state index contributed by atoms with van der Waals surface area (Å²) in [7, 11) is 0. The quantitative estimate of drug-likeness (QED) is 0.0858. The first kappa shape index (κ1) is 38.8. The van der Waals surface area contributed by atoms with Crippen LogP contribution in [0.25, 0.3) is 0 Å². The Morgan fingerprint density at radius 1 is 0.720 bits per heavy atom. The van der Waals surface area contributed by atoms with Gasteiger partial charge in [-0.15, -0.1) is 0 Å². The maximum absolute atomic E-state index is 11.8. The molecule has 0 amide bonds. The van der Waals surface area contributed by atoms with Crippen molar-refractivity contribution >= 4 is 17.9 Å². The molecular weight excluding hydrogens is 644 g/mol. The summed E-state index contributed by atoms with van der Waals surface area (Å²) in [5.41, 5.74) is 2.30. The number of esters is 3. The zero-order valence-electron chi connectivity index (χ0n) is 29.1. The van der Waals surface area contributed by atoms with Gasteiger partial charge < -0.3 is 33.4 Å². The van der Waals surface area contributed by atoms with Crippen molar-refractivity contribution in [3.63, 3.8) is 0 Å². The van der Waals surface area contributed by atoms with Crippen LogP contribution in [0.3, 0.4) is 0 Å². The van der Waals surface area contributed by atoms with E-state index in [0.29, 0.717) is 49.1 Å². The van der Waals surface area contributed by atoms with Crippen molar-refractivity contribution in [2.75, 3.05) is 6.61 Å². The molecule has 0 aliphatic carbocycles. The van der Waals surface area contributed by atoms with Gasteiger partial charge in [-0.1, -0.05) is 60.7 Å². The first-order valence-electron chi connectivity index (χ1n) is 16.0. The zero-order chi connectivity index (χ0) is 36.4. The topological polar surface area (TPSA) is 152 Å². The number of benzene rings is 2. The fraction of sp³-hybridized carbons (Fsp3) is 0.342. The molecule has 0 fully saturated rings. The monoisotopic (exact) mass is 688 g/mol. The number of nitrogens with one attached hydrogen (secondary N) is 1. The lowest BCUT2D eigenvalue weighted by atomic mass is 10.2. The van der Waals surface area contributed by atoms with Crippen LogP contribution in [0.2, 0.25) is 0 Å². The summed E-state index contributed by atoms with van der Waals surface area (Å²) >= 11 is 0. The molecular formula is C38H44N2O10. The predicted molar refractivity (Wildman–Crippen MR) is 184 cm³/mol. The molecule has 2 heterocycles. The van der Waals surface area contributed by atoms with E-state index in [4.69, 9.17) is 28.4 Å². The third-order valence-corrected chi connectivity index (χ3v) is 6.36. The molecule has 0 aliphatic rings. The fourth-order valence-corrected chi connectivity index (χ4v) is 4.08. The number of nitrogens with zero attached hydrogens (tertiary/aromatic N) is 1. The van der Waals surface area contributed by atoms with E-state index in [1.807, 2.05) is 81.4 Å². The number of rotatable bonds is 15. The average molecular weight is 689 g/mol. The predicted octanol–water partition coefficient (Wildman–Crippen LogP) is 6.24. The summed E-state index contributed by atoms with van der Waals surface area (Å²) < 4.78 is 32.2. The molecule has 4 aromatic rings. The maximum Gasteiger partial charge on any atom is 0.306 e. The minimum atomic E-state index is -0.507. The van der Waals surface area contributed by atoms with E-state index in [1.54, 1.807) is 12.3 Å². The fourth-order valence-electron chi connectivity index (χ4n) is 4.08. The summed E-state index contributed by atoms with van der Waals surface area (Å²) in [4.78, 5) is 52.5. The first-order chi connectivity index (χ1) is 23.9. The molecule has 0 saturated carbocycles. The number of hydrogen-bond acceptors (Lipinski definition) is 11. The van der Waals surface area contributed by atoms with E-state index in [9.17, 15) is 19.2 Å². The number of H-pyrrole nitrogens is 1. The van der Waals surface area contributed by atoms with Gasteiger partial charge in [-0.05, 0) is 38.3 Å². The Hall–Kier alpha value is -5.65. The summed E-state index contributed by atoms with van der Waals surface area (Å²) in [5, 5.41) is 0. The Bertz CT molecular complexity index is 1720. The van der Waals surface area contributed by atoms with Crippen LogP contribution in [-0.4, -0.2) is 40.1 Å².